The van der Waals surface area contributed by atoms with Gasteiger partial charge in [0.05, 0.1) is 20.8 Å². The van der Waals surface area contributed by atoms with Crippen LogP contribution < -0.4 is 10.6 Å². The Morgan fingerprint density at radius 2 is 2.14 bits per heavy atom. The zero-order valence-corrected chi connectivity index (χ0v) is 18.6. The first-order chi connectivity index (χ1) is 13.8. The number of hydrogen-bond acceptors (Lipinski definition) is 4. The first kappa shape index (κ1) is 19.9. The van der Waals surface area contributed by atoms with Crippen molar-refractivity contribution in [3.8, 4) is 0 Å². The second-order valence-electron chi connectivity index (χ2n) is 8.08. The van der Waals surface area contributed by atoms with Crippen molar-refractivity contribution in [2.45, 2.75) is 33.2 Å². The lowest BCUT2D eigenvalue weighted by molar-refractivity contribution is 0.0150. The molecule has 0 radical (unpaired) electrons. The molecule has 2 unspecified atom stereocenters. The van der Waals surface area contributed by atoms with Crippen molar-refractivity contribution in [3.63, 3.8) is 0 Å². The van der Waals surface area contributed by atoms with E-state index in [0.29, 0.717) is 17.8 Å². The van der Waals surface area contributed by atoms with Crippen LogP contribution in [0.25, 0.3) is 5.52 Å². The van der Waals surface area contributed by atoms with E-state index in [-0.39, 0.29) is 29.2 Å². The van der Waals surface area contributed by atoms with Gasteiger partial charge in [-0.05, 0) is 65.5 Å². The minimum absolute atomic E-state index is 0.0489. The van der Waals surface area contributed by atoms with Gasteiger partial charge in [-0.3, -0.25) is 14.7 Å². The Bertz CT molecular complexity index is 1090. The van der Waals surface area contributed by atoms with Crippen LogP contribution in [0.15, 0.2) is 30.6 Å². The lowest BCUT2D eigenvalue weighted by Gasteiger charge is -2.52. The number of carbonyl (C=O) groups excluding carboxylic acids is 2. The van der Waals surface area contributed by atoms with Gasteiger partial charge in [-0.15, -0.1) is 0 Å². The average Bonchev–Trinajstić information content (AvgIpc) is 3.30. The predicted octanol–water partition coefficient (Wildman–Crippen LogP) is 2.54. The third-order valence-electron chi connectivity index (χ3n) is 6.05. The Hall–Kier alpha value is -2.43. The molecule has 0 spiro atoms. The third kappa shape index (κ3) is 3.52. The van der Waals surface area contributed by atoms with E-state index in [0.717, 1.165) is 21.2 Å². The van der Waals surface area contributed by atoms with Gasteiger partial charge in [0.25, 0.3) is 11.8 Å². The maximum atomic E-state index is 12.8. The van der Waals surface area contributed by atoms with Gasteiger partial charge in [0.15, 0.2) is 5.69 Å². The van der Waals surface area contributed by atoms with Crippen LogP contribution in [-0.2, 0) is 0 Å². The molecule has 9 heteroatoms. The first-order valence-electron chi connectivity index (χ1n) is 9.51. The summed E-state index contributed by atoms with van der Waals surface area (Å²) in [6.45, 7) is 6.69. The molecule has 3 aromatic heterocycles. The van der Waals surface area contributed by atoms with E-state index >= 15 is 0 Å². The van der Waals surface area contributed by atoms with Crippen LogP contribution >= 0.6 is 22.6 Å². The van der Waals surface area contributed by atoms with Crippen molar-refractivity contribution in [1.29, 1.82) is 0 Å². The van der Waals surface area contributed by atoms with Crippen LogP contribution in [0.2, 0.25) is 0 Å². The van der Waals surface area contributed by atoms with Gasteiger partial charge in [-0.25, -0.2) is 4.52 Å². The number of carbonyl (C=O) groups is 2. The molecule has 3 N–H and O–H groups in total. The molecule has 3 heterocycles. The van der Waals surface area contributed by atoms with Crippen LogP contribution in [0, 0.1) is 21.8 Å². The van der Waals surface area contributed by atoms with Crippen LogP contribution in [0.1, 0.15) is 46.8 Å². The SMILES string of the molecule is Cc1[nH]nc(C(=O)NCC2CC(NC(=O)c3cccn4nccc34)C2(C)C)c1I. The van der Waals surface area contributed by atoms with Gasteiger partial charge >= 0.3 is 0 Å². The molecule has 1 saturated carbocycles. The molecule has 0 bridgehead atoms. The highest BCUT2D eigenvalue weighted by atomic mass is 127. The third-order valence-corrected chi connectivity index (χ3v) is 7.37. The van der Waals surface area contributed by atoms with E-state index in [1.807, 2.05) is 31.3 Å². The molecular weight excluding hydrogens is 483 g/mol. The fourth-order valence-electron chi connectivity index (χ4n) is 3.85. The molecule has 0 saturated heterocycles. The molecule has 4 rings (SSSR count). The topological polar surface area (TPSA) is 104 Å². The zero-order valence-electron chi connectivity index (χ0n) is 16.5. The Kier molecular flexibility index (Phi) is 5.09. The van der Waals surface area contributed by atoms with Crippen molar-refractivity contribution in [2.24, 2.45) is 11.3 Å². The van der Waals surface area contributed by atoms with Crippen molar-refractivity contribution in [2.75, 3.05) is 6.54 Å². The molecule has 1 fully saturated rings. The molecule has 0 aliphatic heterocycles. The Labute approximate surface area is 182 Å². The fraction of sp³-hybridized carbons (Fsp3) is 0.400. The van der Waals surface area contributed by atoms with Gasteiger partial charge in [-0.2, -0.15) is 10.2 Å². The Morgan fingerprint density at radius 1 is 1.34 bits per heavy atom. The van der Waals surface area contributed by atoms with E-state index in [1.54, 1.807) is 10.7 Å². The monoisotopic (exact) mass is 506 g/mol. The molecule has 2 atom stereocenters. The van der Waals surface area contributed by atoms with Crippen LogP contribution in [0.5, 0.6) is 0 Å². The molecule has 1 aliphatic rings. The summed E-state index contributed by atoms with van der Waals surface area (Å²) in [4.78, 5) is 25.2. The van der Waals surface area contributed by atoms with E-state index < -0.39 is 0 Å². The van der Waals surface area contributed by atoms with E-state index in [9.17, 15) is 9.59 Å². The summed E-state index contributed by atoms with van der Waals surface area (Å²) < 4.78 is 2.53. The highest BCUT2D eigenvalue weighted by Gasteiger charge is 2.48. The summed E-state index contributed by atoms with van der Waals surface area (Å²) >= 11 is 2.12. The van der Waals surface area contributed by atoms with E-state index in [4.69, 9.17) is 0 Å². The second-order valence-corrected chi connectivity index (χ2v) is 9.16. The summed E-state index contributed by atoms with van der Waals surface area (Å²) in [5.41, 5.74) is 2.59. The summed E-state index contributed by atoms with van der Waals surface area (Å²) in [5, 5.41) is 17.2. The fourth-order valence-corrected chi connectivity index (χ4v) is 4.34. The number of amides is 2. The molecule has 3 aromatic rings. The second kappa shape index (κ2) is 7.43. The number of aromatic amines is 1. The summed E-state index contributed by atoms with van der Waals surface area (Å²) in [6, 6.07) is 5.51. The Balaban J connectivity index is 1.36. The number of pyridine rings is 1. The number of halogens is 1. The van der Waals surface area contributed by atoms with Crippen molar-refractivity contribution in [3.05, 3.63) is 51.1 Å². The van der Waals surface area contributed by atoms with E-state index in [2.05, 4.69) is 62.4 Å². The predicted molar refractivity (Wildman–Crippen MR) is 117 cm³/mol. The molecule has 29 heavy (non-hydrogen) atoms. The highest BCUT2D eigenvalue weighted by Crippen LogP contribution is 2.46. The number of aromatic nitrogens is 4. The number of aryl methyl sites for hydroxylation is 1. The molecule has 8 nitrogen and oxygen atoms in total. The maximum absolute atomic E-state index is 12.8. The molecule has 152 valence electrons. The number of nitrogens with zero attached hydrogens (tertiary/aromatic N) is 3. The lowest BCUT2D eigenvalue weighted by atomic mass is 9.58. The summed E-state index contributed by atoms with van der Waals surface area (Å²) in [5.74, 6) is 0.00728. The Morgan fingerprint density at radius 3 is 2.83 bits per heavy atom. The minimum Gasteiger partial charge on any atom is -0.350 e. The number of fused-ring (bicyclic) bond motifs is 1. The van der Waals surface area contributed by atoms with Gasteiger partial charge in [0.2, 0.25) is 0 Å². The smallest absolute Gasteiger partial charge is 0.272 e. The molecule has 2 amide bonds. The highest BCUT2D eigenvalue weighted by molar-refractivity contribution is 14.1. The summed E-state index contributed by atoms with van der Waals surface area (Å²) in [7, 11) is 0. The zero-order chi connectivity index (χ0) is 20.8. The minimum atomic E-state index is -0.172. The van der Waals surface area contributed by atoms with Gasteiger partial charge in [-0.1, -0.05) is 13.8 Å². The number of rotatable bonds is 5. The van der Waals surface area contributed by atoms with Crippen molar-refractivity contribution < 1.29 is 9.59 Å². The van der Waals surface area contributed by atoms with E-state index in [1.165, 1.54) is 0 Å². The molecule has 0 aromatic carbocycles. The first-order valence-corrected chi connectivity index (χ1v) is 10.6. The summed E-state index contributed by atoms with van der Waals surface area (Å²) in [6.07, 6.45) is 4.32. The maximum Gasteiger partial charge on any atom is 0.272 e. The van der Waals surface area contributed by atoms with Gasteiger partial charge in [0, 0.05) is 24.5 Å². The normalized spacial score (nSPS) is 20.3. The quantitative estimate of drug-likeness (QED) is 0.463. The number of hydrogen-bond donors (Lipinski definition) is 3. The van der Waals surface area contributed by atoms with Crippen molar-refractivity contribution in [1.82, 2.24) is 30.4 Å². The molecule has 1 aliphatic carbocycles. The van der Waals surface area contributed by atoms with Gasteiger partial charge in [0.1, 0.15) is 0 Å². The lowest BCUT2D eigenvalue weighted by Crippen LogP contribution is -2.60. The molecular formula is C20H23IN6O2. The van der Waals surface area contributed by atoms with Crippen LogP contribution in [0.3, 0.4) is 0 Å². The standard InChI is InChI=1S/C20H23IN6O2/c1-11-16(21)17(26-25-11)19(29)22-10-12-9-15(20(12,2)3)24-18(28)13-5-4-8-27-14(13)6-7-23-27/h4-8,12,15H,9-10H2,1-3H3,(H,22,29)(H,24,28)(H,25,26). The van der Waals surface area contributed by atoms with Crippen molar-refractivity contribution >= 4 is 39.9 Å². The largest absolute Gasteiger partial charge is 0.350 e. The number of H-pyrrole nitrogens is 1. The number of nitrogens with one attached hydrogen (secondary N) is 3. The van der Waals surface area contributed by atoms with Crippen LogP contribution in [0.4, 0.5) is 0 Å². The van der Waals surface area contributed by atoms with Gasteiger partial charge < -0.3 is 10.6 Å². The van der Waals surface area contributed by atoms with Crippen LogP contribution in [-0.4, -0.2) is 44.2 Å². The average molecular weight is 506 g/mol.